The van der Waals surface area contributed by atoms with E-state index in [1.54, 1.807) is 16.7 Å². The van der Waals surface area contributed by atoms with Crippen molar-refractivity contribution in [1.29, 1.82) is 0 Å². The zero-order valence-corrected chi connectivity index (χ0v) is 10.6. The van der Waals surface area contributed by atoms with E-state index in [0.29, 0.717) is 11.5 Å². The summed E-state index contributed by atoms with van der Waals surface area (Å²) in [6.07, 6.45) is 1.74. The number of aromatic nitrogens is 3. The van der Waals surface area contributed by atoms with Gasteiger partial charge in [0.05, 0.1) is 0 Å². The Kier molecular flexibility index (Phi) is 3.39. The Hall–Kier alpha value is -1.08. The molecule has 17 heavy (non-hydrogen) atoms. The molecule has 2 aromatic heterocycles. The van der Waals surface area contributed by atoms with E-state index >= 15 is 0 Å². The molecule has 0 fully saturated rings. The molecule has 0 aliphatic carbocycles. The minimum Gasteiger partial charge on any atom is -0.336 e. The van der Waals surface area contributed by atoms with Gasteiger partial charge in [-0.2, -0.15) is 0 Å². The Balaban J connectivity index is 2.22. The molecule has 0 aliphatic rings. The Bertz CT molecular complexity index is 529. The molecule has 0 aliphatic heterocycles. The van der Waals surface area contributed by atoms with E-state index in [0.717, 1.165) is 11.4 Å². The average Bonchev–Trinajstić information content (AvgIpc) is 2.69. The maximum atomic E-state index is 13.2. The van der Waals surface area contributed by atoms with Crippen LogP contribution in [0.4, 0.5) is 8.78 Å². The molecule has 2 heterocycles. The fourth-order valence-corrected chi connectivity index (χ4v) is 1.60. The quantitative estimate of drug-likeness (QED) is 0.872. The van der Waals surface area contributed by atoms with Gasteiger partial charge in [-0.05, 0) is 35.0 Å². The van der Waals surface area contributed by atoms with Crippen LogP contribution in [0.25, 0.3) is 5.65 Å². The van der Waals surface area contributed by atoms with Crippen molar-refractivity contribution in [2.24, 2.45) is 0 Å². The van der Waals surface area contributed by atoms with Crippen molar-refractivity contribution < 1.29 is 13.5 Å². The molecule has 0 spiro atoms. The van der Waals surface area contributed by atoms with Gasteiger partial charge in [0, 0.05) is 10.7 Å². The summed E-state index contributed by atoms with van der Waals surface area (Å²) in [4.78, 5) is 0. The first-order valence-electron chi connectivity index (χ1n) is 4.90. The SMILES string of the molecule is CC(F)(CF)OCc1nnc2ccc(Br)cn12. The third kappa shape index (κ3) is 2.78. The fraction of sp³-hybridized carbons (Fsp3) is 0.400. The smallest absolute Gasteiger partial charge is 0.235 e. The Morgan fingerprint density at radius 2 is 2.24 bits per heavy atom. The highest BCUT2D eigenvalue weighted by molar-refractivity contribution is 9.10. The van der Waals surface area contributed by atoms with Crippen molar-refractivity contribution >= 4 is 21.6 Å². The number of hydrogen-bond donors (Lipinski definition) is 0. The maximum absolute atomic E-state index is 13.2. The molecule has 92 valence electrons. The van der Waals surface area contributed by atoms with Crippen LogP contribution in [-0.4, -0.2) is 27.1 Å². The fourth-order valence-electron chi connectivity index (χ4n) is 1.26. The lowest BCUT2D eigenvalue weighted by Gasteiger charge is -2.16. The molecule has 1 atom stereocenters. The molecule has 0 radical (unpaired) electrons. The van der Waals surface area contributed by atoms with Gasteiger partial charge in [0.2, 0.25) is 5.85 Å². The molecular formula is C10H10BrF2N3O. The van der Waals surface area contributed by atoms with Crippen LogP contribution in [0.1, 0.15) is 12.7 Å². The zero-order valence-electron chi connectivity index (χ0n) is 9.03. The van der Waals surface area contributed by atoms with Crippen molar-refractivity contribution in [2.45, 2.75) is 19.4 Å². The topological polar surface area (TPSA) is 39.4 Å². The number of pyridine rings is 1. The first kappa shape index (κ1) is 12.4. The van der Waals surface area contributed by atoms with Gasteiger partial charge in [-0.3, -0.25) is 4.40 Å². The van der Waals surface area contributed by atoms with Gasteiger partial charge in [-0.15, -0.1) is 10.2 Å². The molecule has 0 aromatic carbocycles. The van der Waals surface area contributed by atoms with Crippen molar-refractivity contribution in [3.05, 3.63) is 28.6 Å². The van der Waals surface area contributed by atoms with Gasteiger partial charge in [0.1, 0.15) is 13.3 Å². The molecule has 2 aromatic rings. The summed E-state index contributed by atoms with van der Waals surface area (Å²) in [5, 5.41) is 7.73. The van der Waals surface area contributed by atoms with Crippen LogP contribution in [0.15, 0.2) is 22.8 Å². The van der Waals surface area contributed by atoms with E-state index in [9.17, 15) is 8.78 Å². The van der Waals surface area contributed by atoms with Crippen LogP contribution in [0.3, 0.4) is 0 Å². The molecule has 4 nitrogen and oxygen atoms in total. The predicted octanol–water partition coefficient (Wildman–Crippen LogP) is 2.66. The number of rotatable bonds is 4. The number of ether oxygens (including phenoxy) is 1. The summed E-state index contributed by atoms with van der Waals surface area (Å²) in [7, 11) is 0. The van der Waals surface area contributed by atoms with Crippen molar-refractivity contribution in [2.75, 3.05) is 6.67 Å². The van der Waals surface area contributed by atoms with Crippen molar-refractivity contribution in [3.63, 3.8) is 0 Å². The highest BCUT2D eigenvalue weighted by Gasteiger charge is 2.24. The normalized spacial score (nSPS) is 15.1. The van der Waals surface area contributed by atoms with E-state index in [1.165, 1.54) is 0 Å². The van der Waals surface area contributed by atoms with Crippen molar-refractivity contribution in [3.8, 4) is 0 Å². The van der Waals surface area contributed by atoms with E-state index in [4.69, 9.17) is 4.74 Å². The second kappa shape index (κ2) is 4.66. The molecule has 0 N–H and O–H groups in total. The summed E-state index contributed by atoms with van der Waals surface area (Å²) in [5.41, 5.74) is 0.618. The lowest BCUT2D eigenvalue weighted by Crippen LogP contribution is -2.25. The number of halogens is 3. The lowest BCUT2D eigenvalue weighted by atomic mass is 10.4. The first-order chi connectivity index (χ1) is 8.02. The molecule has 1 unspecified atom stereocenters. The maximum Gasteiger partial charge on any atom is 0.235 e. The van der Waals surface area contributed by atoms with Crippen LogP contribution in [-0.2, 0) is 11.3 Å². The van der Waals surface area contributed by atoms with Gasteiger partial charge in [0.25, 0.3) is 0 Å². The lowest BCUT2D eigenvalue weighted by molar-refractivity contribution is -0.152. The van der Waals surface area contributed by atoms with Gasteiger partial charge < -0.3 is 4.74 Å². The minimum absolute atomic E-state index is 0.144. The van der Waals surface area contributed by atoms with Crippen LogP contribution in [0.5, 0.6) is 0 Å². The van der Waals surface area contributed by atoms with Crippen LogP contribution in [0, 0.1) is 0 Å². The van der Waals surface area contributed by atoms with Gasteiger partial charge in [-0.25, -0.2) is 8.78 Å². The van der Waals surface area contributed by atoms with Crippen LogP contribution < -0.4 is 0 Å². The standard InChI is InChI=1S/C10H10BrF2N3O/c1-10(13,6-12)17-5-9-15-14-8-3-2-7(11)4-16(8)9/h2-4H,5-6H2,1H3. The summed E-state index contributed by atoms with van der Waals surface area (Å²) >= 11 is 3.30. The zero-order chi connectivity index (χ0) is 12.5. The van der Waals surface area contributed by atoms with Crippen molar-refractivity contribution in [1.82, 2.24) is 14.6 Å². The summed E-state index contributed by atoms with van der Waals surface area (Å²) in [5.74, 6) is -1.88. The van der Waals surface area contributed by atoms with E-state index in [-0.39, 0.29) is 6.61 Å². The summed E-state index contributed by atoms with van der Waals surface area (Å²) < 4.78 is 32.7. The Morgan fingerprint density at radius 3 is 2.94 bits per heavy atom. The molecule has 2 rings (SSSR count). The summed E-state index contributed by atoms with van der Waals surface area (Å²) in [6.45, 7) is -0.311. The third-order valence-electron chi connectivity index (χ3n) is 2.18. The molecule has 0 amide bonds. The van der Waals surface area contributed by atoms with Gasteiger partial charge in [0.15, 0.2) is 11.5 Å². The number of fused-ring (bicyclic) bond motifs is 1. The molecule has 0 bridgehead atoms. The molecule has 0 saturated carbocycles. The van der Waals surface area contributed by atoms with E-state index in [1.807, 2.05) is 6.07 Å². The van der Waals surface area contributed by atoms with Gasteiger partial charge in [-0.1, -0.05) is 0 Å². The molecule has 7 heteroatoms. The monoisotopic (exact) mass is 305 g/mol. The highest BCUT2D eigenvalue weighted by atomic mass is 79.9. The Labute approximate surface area is 105 Å². The molecular weight excluding hydrogens is 296 g/mol. The Morgan fingerprint density at radius 1 is 1.47 bits per heavy atom. The van der Waals surface area contributed by atoms with E-state index < -0.39 is 12.5 Å². The number of alkyl halides is 2. The largest absolute Gasteiger partial charge is 0.336 e. The number of nitrogens with zero attached hydrogens (tertiary/aromatic N) is 3. The van der Waals surface area contributed by atoms with Gasteiger partial charge >= 0.3 is 0 Å². The minimum atomic E-state index is -2.29. The highest BCUT2D eigenvalue weighted by Crippen LogP contribution is 2.17. The first-order valence-corrected chi connectivity index (χ1v) is 5.69. The van der Waals surface area contributed by atoms with E-state index in [2.05, 4.69) is 26.1 Å². The average molecular weight is 306 g/mol. The van der Waals surface area contributed by atoms with Crippen LogP contribution in [0.2, 0.25) is 0 Å². The number of hydrogen-bond acceptors (Lipinski definition) is 3. The second-order valence-electron chi connectivity index (χ2n) is 3.72. The molecule has 0 saturated heterocycles. The summed E-state index contributed by atoms with van der Waals surface area (Å²) in [6, 6.07) is 3.57. The second-order valence-corrected chi connectivity index (χ2v) is 4.63. The predicted molar refractivity (Wildman–Crippen MR) is 61.0 cm³/mol. The van der Waals surface area contributed by atoms with Crippen LogP contribution >= 0.6 is 15.9 Å². The third-order valence-corrected chi connectivity index (χ3v) is 2.65.